The molecule has 11 heteroatoms. The number of alkyl halides is 3. The molecule has 0 aliphatic heterocycles. The first-order valence-corrected chi connectivity index (χ1v) is 10.00. The van der Waals surface area contributed by atoms with Gasteiger partial charge < -0.3 is 14.8 Å². The molecule has 0 aliphatic carbocycles. The van der Waals surface area contributed by atoms with Crippen molar-refractivity contribution in [3.05, 3.63) is 80.7 Å². The lowest BCUT2D eigenvalue weighted by atomic mass is 10.1. The zero-order valence-electron chi connectivity index (χ0n) is 17.6. The van der Waals surface area contributed by atoms with Crippen molar-refractivity contribution in [2.45, 2.75) is 13.1 Å². The highest BCUT2D eigenvalue weighted by atomic mass is 35.5. The van der Waals surface area contributed by atoms with E-state index in [1.54, 1.807) is 31.2 Å². The zero-order chi connectivity index (χ0) is 24.2. The van der Waals surface area contributed by atoms with Gasteiger partial charge in [0.1, 0.15) is 12.4 Å². The van der Waals surface area contributed by atoms with E-state index in [2.05, 4.69) is 10.4 Å². The Labute approximate surface area is 191 Å². The minimum absolute atomic E-state index is 0.0214. The average molecular weight is 482 g/mol. The molecule has 0 bridgehead atoms. The van der Waals surface area contributed by atoms with Gasteiger partial charge in [0.15, 0.2) is 5.69 Å². The van der Waals surface area contributed by atoms with Crippen LogP contribution in [0.3, 0.4) is 0 Å². The first-order chi connectivity index (χ1) is 15.6. The third-order valence-electron chi connectivity index (χ3n) is 4.50. The maximum absolute atomic E-state index is 13.2. The largest absolute Gasteiger partial charge is 0.489 e. The number of amides is 1. The predicted octanol–water partition coefficient (Wildman–Crippen LogP) is 4.49. The third kappa shape index (κ3) is 5.71. The number of nitrogens with zero attached hydrogens (tertiary/aromatic N) is 2. The van der Waals surface area contributed by atoms with Crippen LogP contribution in [0, 0.1) is 6.92 Å². The lowest BCUT2D eigenvalue weighted by Gasteiger charge is -2.16. The Kier molecular flexibility index (Phi) is 7.39. The second-order valence-corrected chi connectivity index (χ2v) is 7.27. The van der Waals surface area contributed by atoms with Crippen molar-refractivity contribution in [3.63, 3.8) is 0 Å². The van der Waals surface area contributed by atoms with Crippen LogP contribution in [0.25, 0.3) is 5.69 Å². The van der Waals surface area contributed by atoms with Gasteiger partial charge in [0.25, 0.3) is 5.91 Å². The van der Waals surface area contributed by atoms with Gasteiger partial charge in [-0.05, 0) is 37.3 Å². The first kappa shape index (κ1) is 24.3. The van der Waals surface area contributed by atoms with Crippen LogP contribution >= 0.6 is 11.6 Å². The second-order valence-electron chi connectivity index (χ2n) is 6.87. The molecule has 0 aliphatic rings. The van der Waals surface area contributed by atoms with Gasteiger partial charge in [-0.25, -0.2) is 4.68 Å². The van der Waals surface area contributed by atoms with Gasteiger partial charge in [-0.2, -0.15) is 18.3 Å². The fourth-order valence-electron chi connectivity index (χ4n) is 2.92. The van der Waals surface area contributed by atoms with E-state index in [4.69, 9.17) is 21.1 Å². The first-order valence-electron chi connectivity index (χ1n) is 9.62. The number of aryl methyl sites for hydroxylation is 1. The van der Waals surface area contributed by atoms with Crippen molar-refractivity contribution in [1.82, 2.24) is 9.78 Å². The van der Waals surface area contributed by atoms with Crippen molar-refractivity contribution < 1.29 is 27.4 Å². The number of anilines is 1. The van der Waals surface area contributed by atoms with Gasteiger partial charge in [-0.3, -0.25) is 9.59 Å². The summed E-state index contributed by atoms with van der Waals surface area (Å²) in [5, 5.41) is 6.73. The van der Waals surface area contributed by atoms with E-state index in [9.17, 15) is 22.8 Å². The number of hydrogen-bond acceptors (Lipinski definition) is 5. The van der Waals surface area contributed by atoms with E-state index in [1.165, 1.54) is 17.9 Å². The van der Waals surface area contributed by atoms with Crippen molar-refractivity contribution in [1.29, 1.82) is 0 Å². The highest BCUT2D eigenvalue weighted by Gasteiger charge is 2.31. The summed E-state index contributed by atoms with van der Waals surface area (Å²) in [6, 6.07) is 10.5. The summed E-state index contributed by atoms with van der Waals surface area (Å²) in [4.78, 5) is 25.3. The standard InChI is InChI=1S/C22H19ClF3N3O4/c1-13-11-18(30)20(28-29(13)17-6-4-3-5-15(17)23)21(31)27-16-12-14(22(24,25)26)7-8-19(16)33-10-9-32-2/h3-8,11-12H,9-10H2,1-2H3,(H,27,31). The van der Waals surface area contributed by atoms with Crippen LogP contribution in [-0.2, 0) is 10.9 Å². The van der Waals surface area contributed by atoms with Gasteiger partial charge >= 0.3 is 6.18 Å². The Balaban J connectivity index is 2.00. The van der Waals surface area contributed by atoms with E-state index < -0.39 is 28.8 Å². The molecule has 1 amide bonds. The summed E-state index contributed by atoms with van der Waals surface area (Å²) in [6.45, 7) is 1.82. The number of carbonyl (C=O) groups is 1. The van der Waals surface area contributed by atoms with Crippen LogP contribution in [0.2, 0.25) is 5.02 Å². The minimum Gasteiger partial charge on any atom is -0.489 e. The van der Waals surface area contributed by atoms with Gasteiger partial charge in [-0.15, -0.1) is 0 Å². The van der Waals surface area contributed by atoms with Crippen molar-refractivity contribution >= 4 is 23.2 Å². The summed E-state index contributed by atoms with van der Waals surface area (Å²) in [5.74, 6) is -1.02. The second kappa shape index (κ2) is 10.1. The van der Waals surface area contributed by atoms with Crippen molar-refractivity contribution in [3.8, 4) is 11.4 Å². The predicted molar refractivity (Wildman–Crippen MR) is 116 cm³/mol. The molecule has 0 atom stereocenters. The number of benzene rings is 2. The van der Waals surface area contributed by atoms with Gasteiger partial charge in [-0.1, -0.05) is 23.7 Å². The van der Waals surface area contributed by atoms with Crippen LogP contribution in [0.15, 0.2) is 53.3 Å². The number of ether oxygens (including phenoxy) is 2. The molecule has 33 heavy (non-hydrogen) atoms. The molecule has 0 spiro atoms. The Morgan fingerprint density at radius 1 is 1.15 bits per heavy atom. The lowest BCUT2D eigenvalue weighted by molar-refractivity contribution is -0.137. The third-order valence-corrected chi connectivity index (χ3v) is 4.82. The summed E-state index contributed by atoms with van der Waals surface area (Å²) >= 11 is 6.20. The molecular formula is C22H19ClF3N3O4. The number of halogens is 4. The maximum Gasteiger partial charge on any atom is 0.416 e. The smallest absolute Gasteiger partial charge is 0.416 e. The molecule has 0 radical (unpaired) electrons. The average Bonchev–Trinajstić information content (AvgIpc) is 2.75. The highest BCUT2D eigenvalue weighted by Crippen LogP contribution is 2.35. The Morgan fingerprint density at radius 2 is 1.88 bits per heavy atom. The minimum atomic E-state index is -4.65. The van der Waals surface area contributed by atoms with Gasteiger partial charge in [0.2, 0.25) is 5.43 Å². The molecule has 0 fully saturated rings. The number of aromatic nitrogens is 2. The summed E-state index contributed by atoms with van der Waals surface area (Å²) in [6.07, 6.45) is -4.65. The molecule has 3 rings (SSSR count). The zero-order valence-corrected chi connectivity index (χ0v) is 18.3. The van der Waals surface area contributed by atoms with E-state index in [0.717, 1.165) is 18.2 Å². The van der Waals surface area contributed by atoms with E-state index in [1.807, 2.05) is 0 Å². The molecule has 0 saturated carbocycles. The maximum atomic E-state index is 13.2. The Hall–Kier alpha value is -3.37. The summed E-state index contributed by atoms with van der Waals surface area (Å²) < 4.78 is 51.2. The normalized spacial score (nSPS) is 11.3. The van der Waals surface area contributed by atoms with Crippen molar-refractivity contribution in [2.24, 2.45) is 0 Å². The fraction of sp³-hybridized carbons (Fsp3) is 0.227. The SMILES string of the molecule is COCCOc1ccc(C(F)(F)F)cc1NC(=O)c1nn(-c2ccccc2Cl)c(C)cc1=O. The number of nitrogens with one attached hydrogen (secondary N) is 1. The summed E-state index contributed by atoms with van der Waals surface area (Å²) in [5.41, 5.74) is -1.66. The molecule has 174 valence electrons. The van der Waals surface area contributed by atoms with Crippen LogP contribution in [0.4, 0.5) is 18.9 Å². The molecule has 0 unspecified atom stereocenters. The van der Waals surface area contributed by atoms with E-state index in [-0.39, 0.29) is 24.7 Å². The molecule has 1 aromatic heterocycles. The molecular weight excluding hydrogens is 463 g/mol. The number of carbonyl (C=O) groups excluding carboxylic acids is 1. The molecule has 0 saturated heterocycles. The summed E-state index contributed by atoms with van der Waals surface area (Å²) in [7, 11) is 1.44. The van der Waals surface area contributed by atoms with E-state index >= 15 is 0 Å². The van der Waals surface area contributed by atoms with Crippen LogP contribution in [0.1, 0.15) is 21.7 Å². The lowest BCUT2D eigenvalue weighted by Crippen LogP contribution is -2.27. The molecule has 2 aromatic carbocycles. The quantitative estimate of drug-likeness (QED) is 0.503. The van der Waals surface area contributed by atoms with Crippen LogP contribution < -0.4 is 15.5 Å². The Bertz CT molecular complexity index is 1230. The van der Waals surface area contributed by atoms with Crippen LogP contribution in [-0.4, -0.2) is 36.0 Å². The van der Waals surface area contributed by atoms with Crippen molar-refractivity contribution in [2.75, 3.05) is 25.6 Å². The number of hydrogen-bond donors (Lipinski definition) is 1. The highest BCUT2D eigenvalue weighted by molar-refractivity contribution is 6.32. The monoisotopic (exact) mass is 481 g/mol. The topological polar surface area (TPSA) is 82.4 Å². The number of para-hydroxylation sites is 1. The van der Waals surface area contributed by atoms with E-state index in [0.29, 0.717) is 16.4 Å². The van der Waals surface area contributed by atoms with Gasteiger partial charge in [0, 0.05) is 18.9 Å². The molecule has 7 nitrogen and oxygen atoms in total. The molecule has 3 aromatic rings. The number of methoxy groups -OCH3 is 1. The fourth-order valence-corrected chi connectivity index (χ4v) is 3.13. The number of rotatable bonds is 7. The Morgan fingerprint density at radius 3 is 2.55 bits per heavy atom. The molecule has 1 N–H and O–H groups in total. The van der Waals surface area contributed by atoms with Gasteiger partial charge in [0.05, 0.1) is 28.6 Å². The van der Waals surface area contributed by atoms with Crippen LogP contribution in [0.5, 0.6) is 5.75 Å². The molecule has 1 heterocycles.